The number of alkyl halides is 1. The van der Waals surface area contributed by atoms with Gasteiger partial charge < -0.3 is 15.3 Å². The Balaban J connectivity index is 2.24. The SMILES string of the molecule is CC1(C)CN(c2cc(NC(=O)CCl)ccc2O)C1=O. The van der Waals surface area contributed by atoms with Crippen LogP contribution in [0.2, 0.25) is 0 Å². The normalized spacial score (nSPS) is 17.0. The van der Waals surface area contributed by atoms with Crippen LogP contribution in [0.4, 0.5) is 11.4 Å². The van der Waals surface area contributed by atoms with Crippen molar-refractivity contribution in [1.29, 1.82) is 0 Å². The second-order valence-electron chi connectivity index (χ2n) is 5.16. The molecule has 0 bridgehead atoms. The number of nitrogens with one attached hydrogen (secondary N) is 1. The molecule has 1 aliphatic heterocycles. The minimum atomic E-state index is -0.401. The molecule has 0 spiro atoms. The zero-order valence-electron chi connectivity index (χ0n) is 10.7. The number of hydrogen-bond acceptors (Lipinski definition) is 3. The van der Waals surface area contributed by atoms with Gasteiger partial charge in [-0.2, -0.15) is 0 Å². The molecule has 6 heteroatoms. The smallest absolute Gasteiger partial charge is 0.239 e. The van der Waals surface area contributed by atoms with Crippen LogP contribution in [0.15, 0.2) is 18.2 Å². The van der Waals surface area contributed by atoms with Crippen molar-refractivity contribution >= 4 is 34.8 Å². The summed E-state index contributed by atoms with van der Waals surface area (Å²) in [6.07, 6.45) is 0. The summed E-state index contributed by atoms with van der Waals surface area (Å²) in [5.41, 5.74) is 0.495. The molecule has 2 N–H and O–H groups in total. The van der Waals surface area contributed by atoms with Crippen molar-refractivity contribution in [3.63, 3.8) is 0 Å². The highest BCUT2D eigenvalue weighted by Crippen LogP contribution is 2.40. The molecule has 1 saturated heterocycles. The van der Waals surface area contributed by atoms with Crippen molar-refractivity contribution < 1.29 is 14.7 Å². The molecule has 1 fully saturated rings. The minimum absolute atomic E-state index is 0.00715. The summed E-state index contributed by atoms with van der Waals surface area (Å²) in [6, 6.07) is 4.56. The van der Waals surface area contributed by atoms with E-state index in [1.807, 2.05) is 13.8 Å². The molecule has 102 valence electrons. The van der Waals surface area contributed by atoms with Gasteiger partial charge in [0.2, 0.25) is 11.8 Å². The first-order chi connectivity index (χ1) is 8.85. The number of aromatic hydroxyl groups is 1. The fourth-order valence-electron chi connectivity index (χ4n) is 2.02. The number of nitrogens with zero attached hydrogens (tertiary/aromatic N) is 1. The molecule has 0 radical (unpaired) electrons. The Labute approximate surface area is 116 Å². The number of carbonyl (C=O) groups excluding carboxylic acids is 2. The lowest BCUT2D eigenvalue weighted by atomic mass is 9.82. The van der Waals surface area contributed by atoms with E-state index in [9.17, 15) is 14.7 Å². The summed E-state index contributed by atoms with van der Waals surface area (Å²) >= 11 is 5.41. The Bertz CT molecular complexity index is 543. The highest BCUT2D eigenvalue weighted by Gasteiger charge is 2.45. The second kappa shape index (κ2) is 4.74. The molecule has 2 amide bonds. The first-order valence-corrected chi connectivity index (χ1v) is 6.39. The van der Waals surface area contributed by atoms with E-state index in [4.69, 9.17) is 11.6 Å². The van der Waals surface area contributed by atoms with E-state index >= 15 is 0 Å². The molecule has 1 heterocycles. The summed E-state index contributed by atoms with van der Waals surface area (Å²) in [5, 5.41) is 12.4. The molecule has 1 aromatic carbocycles. The van der Waals surface area contributed by atoms with Crippen LogP contribution >= 0.6 is 11.6 Å². The van der Waals surface area contributed by atoms with Gasteiger partial charge in [-0.05, 0) is 32.0 Å². The van der Waals surface area contributed by atoms with E-state index in [2.05, 4.69) is 5.32 Å². The van der Waals surface area contributed by atoms with Crippen LogP contribution < -0.4 is 10.2 Å². The van der Waals surface area contributed by atoms with Gasteiger partial charge in [-0.1, -0.05) is 0 Å². The Morgan fingerprint density at radius 1 is 1.53 bits per heavy atom. The molecule has 1 aromatic rings. The number of anilines is 2. The molecular formula is C13H15ClN2O3. The van der Waals surface area contributed by atoms with Gasteiger partial charge in [0.15, 0.2) is 0 Å². The lowest BCUT2D eigenvalue weighted by Crippen LogP contribution is -2.58. The molecule has 2 rings (SSSR count). The van der Waals surface area contributed by atoms with Crippen LogP contribution in [0.25, 0.3) is 0 Å². The number of benzene rings is 1. The largest absolute Gasteiger partial charge is 0.506 e. The molecule has 0 atom stereocenters. The van der Waals surface area contributed by atoms with Gasteiger partial charge in [-0.25, -0.2) is 0 Å². The van der Waals surface area contributed by atoms with Crippen molar-refractivity contribution in [3.05, 3.63) is 18.2 Å². The van der Waals surface area contributed by atoms with Crippen LogP contribution in [0.5, 0.6) is 5.75 Å². The molecule has 0 aromatic heterocycles. The number of halogens is 1. The Morgan fingerprint density at radius 2 is 2.21 bits per heavy atom. The van der Waals surface area contributed by atoms with E-state index in [1.165, 1.54) is 11.0 Å². The Hall–Kier alpha value is -1.75. The van der Waals surface area contributed by atoms with Crippen LogP contribution in [0.1, 0.15) is 13.8 Å². The topological polar surface area (TPSA) is 69.6 Å². The lowest BCUT2D eigenvalue weighted by Gasteiger charge is -2.44. The highest BCUT2D eigenvalue weighted by atomic mass is 35.5. The molecule has 5 nitrogen and oxygen atoms in total. The zero-order chi connectivity index (χ0) is 14.2. The molecule has 0 unspecified atom stereocenters. The van der Waals surface area contributed by atoms with Gasteiger partial charge in [0.25, 0.3) is 0 Å². The number of phenolic OH excluding ortho intramolecular Hbond substituents is 1. The quantitative estimate of drug-likeness (QED) is 0.506. The van der Waals surface area contributed by atoms with Gasteiger partial charge >= 0.3 is 0 Å². The summed E-state index contributed by atoms with van der Waals surface area (Å²) in [4.78, 5) is 24.6. The second-order valence-corrected chi connectivity index (χ2v) is 5.43. The predicted molar refractivity (Wildman–Crippen MR) is 73.6 cm³/mol. The monoisotopic (exact) mass is 282 g/mol. The highest BCUT2D eigenvalue weighted by molar-refractivity contribution is 6.29. The van der Waals surface area contributed by atoms with Crippen LogP contribution in [0, 0.1) is 5.41 Å². The average molecular weight is 283 g/mol. The van der Waals surface area contributed by atoms with E-state index in [0.717, 1.165) is 0 Å². The zero-order valence-corrected chi connectivity index (χ0v) is 11.5. The summed E-state index contributed by atoms with van der Waals surface area (Å²) in [5.74, 6) is -0.531. The third-order valence-corrected chi connectivity index (χ3v) is 3.29. The molecule has 19 heavy (non-hydrogen) atoms. The maximum Gasteiger partial charge on any atom is 0.239 e. The van der Waals surface area contributed by atoms with E-state index < -0.39 is 5.41 Å². The third kappa shape index (κ3) is 2.51. The Kier molecular flexibility index (Phi) is 3.41. The van der Waals surface area contributed by atoms with E-state index in [1.54, 1.807) is 12.1 Å². The van der Waals surface area contributed by atoms with Crippen molar-refractivity contribution in [2.75, 3.05) is 22.6 Å². The van der Waals surface area contributed by atoms with Crippen LogP contribution in [0.3, 0.4) is 0 Å². The van der Waals surface area contributed by atoms with Gasteiger partial charge in [0, 0.05) is 12.2 Å². The minimum Gasteiger partial charge on any atom is -0.506 e. The number of hydrogen-bond donors (Lipinski definition) is 2. The molecular weight excluding hydrogens is 268 g/mol. The van der Waals surface area contributed by atoms with Crippen LogP contribution in [-0.2, 0) is 9.59 Å². The molecule has 0 saturated carbocycles. The first-order valence-electron chi connectivity index (χ1n) is 5.86. The standard InChI is InChI=1S/C13H15ClN2O3/c1-13(2)7-16(12(13)19)9-5-8(3-4-10(9)17)15-11(18)6-14/h3-5,17H,6-7H2,1-2H3,(H,15,18). The van der Waals surface area contributed by atoms with E-state index in [-0.39, 0.29) is 23.4 Å². The third-order valence-electron chi connectivity index (χ3n) is 3.05. The number of amides is 2. The molecule has 0 aliphatic carbocycles. The van der Waals surface area contributed by atoms with Gasteiger partial charge in [0.05, 0.1) is 11.1 Å². The van der Waals surface area contributed by atoms with Crippen molar-refractivity contribution in [2.45, 2.75) is 13.8 Å². The van der Waals surface area contributed by atoms with Crippen LogP contribution in [-0.4, -0.2) is 29.3 Å². The number of carbonyl (C=O) groups is 2. The van der Waals surface area contributed by atoms with Crippen molar-refractivity contribution in [2.24, 2.45) is 5.41 Å². The number of phenols is 1. The lowest BCUT2D eigenvalue weighted by molar-refractivity contribution is -0.132. The molecule has 1 aliphatic rings. The Morgan fingerprint density at radius 3 is 2.74 bits per heavy atom. The van der Waals surface area contributed by atoms with Crippen molar-refractivity contribution in [3.8, 4) is 5.75 Å². The van der Waals surface area contributed by atoms with Gasteiger partial charge in [0.1, 0.15) is 11.6 Å². The first kappa shape index (κ1) is 13.7. The fourth-order valence-corrected chi connectivity index (χ4v) is 2.08. The summed E-state index contributed by atoms with van der Waals surface area (Å²) in [6.45, 7) is 4.23. The predicted octanol–water partition coefficient (Wildman–Crippen LogP) is 1.94. The maximum absolute atomic E-state index is 11.9. The van der Waals surface area contributed by atoms with Crippen molar-refractivity contribution in [1.82, 2.24) is 0 Å². The number of β-lactam (4-membered cyclic amide) rings is 1. The summed E-state index contributed by atoms with van der Waals surface area (Å²) < 4.78 is 0. The van der Waals surface area contributed by atoms with Gasteiger partial charge in [-0.15, -0.1) is 11.6 Å². The fraction of sp³-hybridized carbons (Fsp3) is 0.385. The number of rotatable bonds is 3. The van der Waals surface area contributed by atoms with E-state index in [0.29, 0.717) is 17.9 Å². The van der Waals surface area contributed by atoms with Gasteiger partial charge in [-0.3, -0.25) is 9.59 Å². The maximum atomic E-state index is 11.9. The summed E-state index contributed by atoms with van der Waals surface area (Å²) in [7, 11) is 0. The average Bonchev–Trinajstić information content (AvgIpc) is 2.38.